The lowest BCUT2D eigenvalue weighted by Crippen LogP contribution is -2.36. The van der Waals surface area contributed by atoms with Gasteiger partial charge in [-0.1, -0.05) is 0 Å². The van der Waals surface area contributed by atoms with Gasteiger partial charge in [0.05, 0.1) is 4.90 Å². The smallest absolute Gasteiger partial charge is 0.240 e. The molecule has 1 aromatic carbocycles. The summed E-state index contributed by atoms with van der Waals surface area (Å²) in [5, 5.41) is 0. The maximum atomic E-state index is 11.9. The first-order chi connectivity index (χ1) is 7.77. The fraction of sp³-hybridized carbons (Fsp3) is 0.455. The molecule has 0 spiro atoms. The Morgan fingerprint density at radius 2 is 1.82 bits per heavy atom. The fourth-order valence-electron chi connectivity index (χ4n) is 1.07. The van der Waals surface area contributed by atoms with Gasteiger partial charge in [-0.15, -0.1) is 0 Å². The molecule has 3 N–H and O–H groups in total. The summed E-state index contributed by atoms with van der Waals surface area (Å²) in [5.41, 5.74) is 6.07. The lowest BCUT2D eigenvalue weighted by molar-refractivity contribution is 0.571. The minimum atomic E-state index is -3.44. The Bertz CT molecular complexity index is 467. The molecule has 0 amide bonds. The van der Waals surface area contributed by atoms with Gasteiger partial charge in [0.1, 0.15) is 0 Å². The summed E-state index contributed by atoms with van der Waals surface area (Å²) >= 11 is 1.62. The second-order valence-corrected chi connectivity index (χ2v) is 7.64. The number of nitrogens with one attached hydrogen (secondary N) is 1. The van der Waals surface area contributed by atoms with E-state index in [-0.39, 0.29) is 9.64 Å². The zero-order valence-corrected chi connectivity index (χ0v) is 11.9. The second-order valence-electron chi connectivity index (χ2n) is 4.36. The number of hydrogen-bond donors (Lipinski definition) is 2. The van der Waals surface area contributed by atoms with E-state index in [1.54, 1.807) is 23.9 Å². The van der Waals surface area contributed by atoms with Crippen molar-refractivity contribution in [2.75, 3.05) is 18.5 Å². The molecule has 0 unspecified atom stereocenters. The third-order valence-corrected chi connectivity index (χ3v) is 5.10. The zero-order chi connectivity index (χ0) is 13.1. The summed E-state index contributed by atoms with van der Waals surface area (Å²) in [6.45, 7) is 4.37. The van der Waals surface area contributed by atoms with Crippen LogP contribution in [0.25, 0.3) is 0 Å². The molecule has 0 saturated carbocycles. The van der Waals surface area contributed by atoms with Crippen molar-refractivity contribution in [1.29, 1.82) is 0 Å². The normalized spacial score (nSPS) is 12.6. The standard InChI is InChI=1S/C11H18N2O2S2/c1-11(2,16-3)8-13-17(14,15)10-6-4-9(12)5-7-10/h4-7,13H,8,12H2,1-3H3. The van der Waals surface area contributed by atoms with Crippen LogP contribution in [0.2, 0.25) is 0 Å². The molecule has 6 heteroatoms. The predicted molar refractivity (Wildman–Crippen MR) is 73.6 cm³/mol. The van der Waals surface area contributed by atoms with Gasteiger partial charge in [-0.3, -0.25) is 0 Å². The highest BCUT2D eigenvalue weighted by Crippen LogP contribution is 2.20. The van der Waals surface area contributed by atoms with E-state index in [2.05, 4.69) is 4.72 Å². The van der Waals surface area contributed by atoms with E-state index in [9.17, 15) is 8.42 Å². The number of benzene rings is 1. The van der Waals surface area contributed by atoms with Crippen molar-refractivity contribution in [2.24, 2.45) is 0 Å². The van der Waals surface area contributed by atoms with Crippen LogP contribution in [0.1, 0.15) is 13.8 Å². The molecule has 4 nitrogen and oxygen atoms in total. The number of nitrogen functional groups attached to an aromatic ring is 1. The zero-order valence-electron chi connectivity index (χ0n) is 10.2. The Balaban J connectivity index is 2.79. The SMILES string of the molecule is CSC(C)(C)CNS(=O)(=O)c1ccc(N)cc1. The molecule has 1 rings (SSSR count). The molecular weight excluding hydrogens is 256 g/mol. The van der Waals surface area contributed by atoms with Crippen molar-refractivity contribution in [3.05, 3.63) is 24.3 Å². The number of nitrogens with two attached hydrogens (primary N) is 1. The van der Waals surface area contributed by atoms with Crippen LogP contribution in [0.3, 0.4) is 0 Å². The van der Waals surface area contributed by atoms with Crippen LogP contribution in [0, 0.1) is 0 Å². The molecule has 0 atom stereocenters. The van der Waals surface area contributed by atoms with Gasteiger partial charge >= 0.3 is 0 Å². The summed E-state index contributed by atoms with van der Waals surface area (Å²) in [6, 6.07) is 6.16. The van der Waals surface area contributed by atoms with Crippen LogP contribution in [0.15, 0.2) is 29.2 Å². The molecule has 17 heavy (non-hydrogen) atoms. The van der Waals surface area contributed by atoms with Crippen molar-refractivity contribution < 1.29 is 8.42 Å². The van der Waals surface area contributed by atoms with E-state index in [4.69, 9.17) is 5.73 Å². The lowest BCUT2D eigenvalue weighted by atomic mass is 10.2. The molecule has 1 aromatic rings. The Labute approximate surface area is 107 Å². The van der Waals surface area contributed by atoms with Crippen LogP contribution >= 0.6 is 11.8 Å². The maximum Gasteiger partial charge on any atom is 0.240 e. The van der Waals surface area contributed by atoms with Crippen molar-refractivity contribution >= 4 is 27.5 Å². The maximum absolute atomic E-state index is 11.9. The minimum absolute atomic E-state index is 0.124. The third kappa shape index (κ3) is 4.22. The van der Waals surface area contributed by atoms with Crippen LogP contribution in [-0.4, -0.2) is 26.0 Å². The highest BCUT2D eigenvalue weighted by molar-refractivity contribution is 8.00. The second kappa shape index (κ2) is 5.29. The minimum Gasteiger partial charge on any atom is -0.399 e. The summed E-state index contributed by atoms with van der Waals surface area (Å²) in [4.78, 5) is 0.239. The first-order valence-electron chi connectivity index (χ1n) is 5.17. The monoisotopic (exact) mass is 274 g/mol. The molecule has 0 aromatic heterocycles. The summed E-state index contributed by atoms with van der Waals surface area (Å²) in [7, 11) is -3.44. The van der Waals surface area contributed by atoms with Crippen LogP contribution in [0.5, 0.6) is 0 Å². The quantitative estimate of drug-likeness (QED) is 0.801. The highest BCUT2D eigenvalue weighted by atomic mass is 32.2. The number of rotatable bonds is 5. The first-order valence-corrected chi connectivity index (χ1v) is 7.88. The van der Waals surface area contributed by atoms with E-state index >= 15 is 0 Å². The third-order valence-electron chi connectivity index (χ3n) is 2.43. The van der Waals surface area contributed by atoms with Crippen molar-refractivity contribution in [3.63, 3.8) is 0 Å². The molecule has 0 aliphatic carbocycles. The van der Waals surface area contributed by atoms with E-state index in [0.29, 0.717) is 12.2 Å². The van der Waals surface area contributed by atoms with Gasteiger partial charge in [-0.2, -0.15) is 11.8 Å². The van der Waals surface area contributed by atoms with Gasteiger partial charge in [-0.05, 0) is 44.4 Å². The van der Waals surface area contributed by atoms with E-state index in [0.717, 1.165) is 0 Å². The van der Waals surface area contributed by atoms with Gasteiger partial charge in [0, 0.05) is 17.0 Å². The van der Waals surface area contributed by atoms with Gasteiger partial charge in [0.25, 0.3) is 0 Å². The fourth-order valence-corrected chi connectivity index (χ4v) is 2.59. The topological polar surface area (TPSA) is 72.2 Å². The average molecular weight is 274 g/mol. The molecule has 0 aliphatic heterocycles. The predicted octanol–water partition coefficient (Wildman–Crippen LogP) is 1.69. The van der Waals surface area contributed by atoms with E-state index in [1.165, 1.54) is 12.1 Å². The van der Waals surface area contributed by atoms with E-state index in [1.807, 2.05) is 20.1 Å². The largest absolute Gasteiger partial charge is 0.399 e. The average Bonchev–Trinajstić information content (AvgIpc) is 2.27. The molecule has 0 fully saturated rings. The van der Waals surface area contributed by atoms with Gasteiger partial charge < -0.3 is 5.73 Å². The summed E-state index contributed by atoms with van der Waals surface area (Å²) in [6.07, 6.45) is 1.96. The van der Waals surface area contributed by atoms with Crippen LogP contribution in [0.4, 0.5) is 5.69 Å². The Hall–Kier alpha value is -0.720. The van der Waals surface area contributed by atoms with Crippen LogP contribution < -0.4 is 10.5 Å². The number of hydrogen-bond acceptors (Lipinski definition) is 4. The molecule has 0 heterocycles. The van der Waals surface area contributed by atoms with Gasteiger partial charge in [0.15, 0.2) is 0 Å². The van der Waals surface area contributed by atoms with Crippen molar-refractivity contribution in [3.8, 4) is 0 Å². The Morgan fingerprint density at radius 3 is 2.29 bits per heavy atom. The van der Waals surface area contributed by atoms with Gasteiger partial charge in [-0.25, -0.2) is 13.1 Å². The Kier molecular flexibility index (Phi) is 4.46. The molecule has 96 valence electrons. The molecule has 0 radical (unpaired) electrons. The Morgan fingerprint density at radius 1 is 1.29 bits per heavy atom. The first kappa shape index (κ1) is 14.3. The van der Waals surface area contributed by atoms with Gasteiger partial charge in [0.2, 0.25) is 10.0 Å². The van der Waals surface area contributed by atoms with E-state index < -0.39 is 10.0 Å². The molecule has 0 bridgehead atoms. The lowest BCUT2D eigenvalue weighted by Gasteiger charge is -2.22. The highest BCUT2D eigenvalue weighted by Gasteiger charge is 2.21. The summed E-state index contributed by atoms with van der Waals surface area (Å²) < 4.78 is 26.4. The summed E-state index contributed by atoms with van der Waals surface area (Å²) in [5.74, 6) is 0. The number of anilines is 1. The van der Waals surface area contributed by atoms with Crippen molar-refractivity contribution in [2.45, 2.75) is 23.5 Å². The number of thioether (sulfide) groups is 1. The number of sulfonamides is 1. The van der Waals surface area contributed by atoms with Crippen molar-refractivity contribution in [1.82, 2.24) is 4.72 Å². The molecule has 0 saturated heterocycles. The molecular formula is C11H18N2O2S2. The molecule has 0 aliphatic rings. The van der Waals surface area contributed by atoms with Crippen LogP contribution in [-0.2, 0) is 10.0 Å².